The Morgan fingerprint density at radius 2 is 1.46 bits per heavy atom. The topological polar surface area (TPSA) is 55.8 Å². The van der Waals surface area contributed by atoms with Crippen molar-refractivity contribution in [3.05, 3.63) is 88.5 Å². The van der Waals surface area contributed by atoms with E-state index in [0.29, 0.717) is 5.57 Å². The number of esters is 1. The highest BCUT2D eigenvalue weighted by molar-refractivity contribution is 5.91. The Morgan fingerprint density at radius 3 is 2.11 bits per heavy atom. The van der Waals surface area contributed by atoms with Gasteiger partial charge in [0.15, 0.2) is 34.8 Å². The van der Waals surface area contributed by atoms with Gasteiger partial charge >= 0.3 is 5.97 Å². The number of hydrogen-bond acceptors (Lipinski definition) is 4. The summed E-state index contributed by atoms with van der Waals surface area (Å²) in [4.78, 5) is 12.5. The van der Waals surface area contributed by atoms with Crippen LogP contribution in [0.4, 0.5) is 26.3 Å². The summed E-state index contributed by atoms with van der Waals surface area (Å²) in [6, 6.07) is 6.21. The molecule has 0 radical (unpaired) electrons. The van der Waals surface area contributed by atoms with Crippen molar-refractivity contribution in [2.45, 2.75) is 32.3 Å². The zero-order valence-corrected chi connectivity index (χ0v) is 19.4. The summed E-state index contributed by atoms with van der Waals surface area (Å²) < 4.78 is 96.2. The molecule has 3 aromatic carbocycles. The van der Waals surface area contributed by atoms with E-state index in [4.69, 9.17) is 9.47 Å². The van der Waals surface area contributed by atoms with Crippen molar-refractivity contribution in [3.8, 4) is 22.6 Å². The second-order valence-corrected chi connectivity index (χ2v) is 8.25. The molecule has 1 aliphatic rings. The molecule has 0 aliphatic heterocycles. The van der Waals surface area contributed by atoms with Gasteiger partial charge in [0.2, 0.25) is 11.6 Å². The van der Waals surface area contributed by atoms with Gasteiger partial charge in [0, 0.05) is 23.1 Å². The molecule has 1 unspecified atom stereocenters. The van der Waals surface area contributed by atoms with Crippen molar-refractivity contribution in [1.82, 2.24) is 0 Å². The van der Waals surface area contributed by atoms with Crippen LogP contribution in [0.5, 0.6) is 11.5 Å². The number of allylic oxidation sites excluding steroid dienone is 1. The molecule has 0 bridgehead atoms. The largest absolute Gasteiger partial charge is 0.505 e. The molecule has 1 aliphatic carbocycles. The second-order valence-electron chi connectivity index (χ2n) is 8.25. The maximum Gasteiger partial charge on any atom is 0.341 e. The molecule has 0 amide bonds. The highest BCUT2D eigenvalue weighted by Crippen LogP contribution is 2.35. The first-order valence-electron chi connectivity index (χ1n) is 11.3. The fourth-order valence-electron chi connectivity index (χ4n) is 4.09. The van der Waals surface area contributed by atoms with E-state index >= 15 is 0 Å². The molecule has 0 saturated carbocycles. The van der Waals surface area contributed by atoms with Gasteiger partial charge in [-0.05, 0) is 55.7 Å². The van der Waals surface area contributed by atoms with Gasteiger partial charge in [0.1, 0.15) is 6.10 Å². The van der Waals surface area contributed by atoms with Crippen molar-refractivity contribution in [2.24, 2.45) is 0 Å². The van der Waals surface area contributed by atoms with Gasteiger partial charge in [-0.3, -0.25) is 0 Å². The Labute approximate surface area is 207 Å². The highest BCUT2D eigenvalue weighted by Gasteiger charge is 2.27. The fourth-order valence-corrected chi connectivity index (χ4v) is 4.09. The van der Waals surface area contributed by atoms with Crippen LogP contribution in [-0.2, 0) is 4.74 Å². The molecule has 1 N–H and O–H groups in total. The Kier molecular flexibility index (Phi) is 7.47. The number of halogens is 6. The van der Waals surface area contributed by atoms with Crippen molar-refractivity contribution < 1.29 is 45.7 Å². The third-order valence-electron chi connectivity index (χ3n) is 5.98. The third-order valence-corrected chi connectivity index (χ3v) is 5.98. The van der Waals surface area contributed by atoms with Crippen molar-refractivity contribution in [2.75, 3.05) is 6.61 Å². The average molecular weight is 522 g/mol. The van der Waals surface area contributed by atoms with Crippen LogP contribution < -0.4 is 4.74 Å². The van der Waals surface area contributed by atoms with Crippen molar-refractivity contribution in [1.29, 1.82) is 0 Å². The summed E-state index contributed by atoms with van der Waals surface area (Å²) in [6.45, 7) is 1.64. The van der Waals surface area contributed by atoms with E-state index in [-0.39, 0.29) is 37.2 Å². The summed E-state index contributed by atoms with van der Waals surface area (Å²) in [7, 11) is 0. The van der Waals surface area contributed by atoms with Crippen LogP contribution in [0.2, 0.25) is 0 Å². The van der Waals surface area contributed by atoms with Crippen molar-refractivity contribution in [3.63, 3.8) is 0 Å². The number of carbonyl (C=O) groups is 1. The number of aromatic hydroxyl groups is 1. The first-order chi connectivity index (χ1) is 17.6. The maximum atomic E-state index is 14.8. The molecule has 0 fully saturated rings. The summed E-state index contributed by atoms with van der Waals surface area (Å²) >= 11 is 0. The van der Waals surface area contributed by atoms with E-state index in [9.17, 15) is 36.2 Å². The molecule has 194 valence electrons. The average Bonchev–Trinajstić information content (AvgIpc) is 2.88. The number of phenols is 1. The number of benzene rings is 3. The highest BCUT2D eigenvalue weighted by atomic mass is 19.2. The first-order valence-corrected chi connectivity index (χ1v) is 11.3. The van der Waals surface area contributed by atoms with E-state index in [1.807, 2.05) is 0 Å². The molecular formula is C27H20F6O4. The SMILES string of the molecule is CCOc1ccc(-c2ccc(C(=O)OC3CC=C(c4ccc(O)c(F)c4F)CC3)c(F)c2F)c(F)c1F. The lowest BCUT2D eigenvalue weighted by Gasteiger charge is -2.23. The van der Waals surface area contributed by atoms with Gasteiger partial charge in [-0.2, -0.15) is 8.78 Å². The minimum atomic E-state index is -1.59. The molecule has 3 aromatic rings. The molecule has 37 heavy (non-hydrogen) atoms. The van der Waals surface area contributed by atoms with Gasteiger partial charge in [-0.25, -0.2) is 22.4 Å². The van der Waals surface area contributed by atoms with Gasteiger partial charge in [0.05, 0.1) is 12.2 Å². The number of hydrogen-bond donors (Lipinski definition) is 1. The lowest BCUT2D eigenvalue weighted by molar-refractivity contribution is 0.0279. The summed E-state index contributed by atoms with van der Waals surface area (Å²) in [6.07, 6.45) is 1.26. The van der Waals surface area contributed by atoms with E-state index < -0.39 is 69.4 Å². The van der Waals surface area contributed by atoms with Gasteiger partial charge in [0.25, 0.3) is 0 Å². The van der Waals surface area contributed by atoms with Gasteiger partial charge in [-0.15, -0.1) is 0 Å². The van der Waals surface area contributed by atoms with E-state index in [1.54, 1.807) is 6.92 Å². The standard InChI is InChI=1S/C27H20F6O4/c1-2-36-20-12-10-17(23(30)26(20)33)16-7-8-18(24(31)22(16)29)27(35)37-14-5-3-13(4-6-14)15-9-11-19(34)25(32)21(15)28/h3,7-12,14,34H,2,4-6H2,1H3. The minimum Gasteiger partial charge on any atom is -0.505 e. The summed E-state index contributed by atoms with van der Waals surface area (Å²) in [5.41, 5.74) is -1.49. The van der Waals surface area contributed by atoms with Crippen molar-refractivity contribution >= 4 is 11.5 Å². The van der Waals surface area contributed by atoms with Crippen LogP contribution in [-0.4, -0.2) is 23.8 Å². The number of rotatable bonds is 6. The Morgan fingerprint density at radius 1 is 0.838 bits per heavy atom. The van der Waals surface area contributed by atoms with E-state index in [1.165, 1.54) is 12.1 Å². The van der Waals surface area contributed by atoms with Crippen LogP contribution in [0.25, 0.3) is 16.7 Å². The summed E-state index contributed by atoms with van der Waals surface area (Å²) in [5.74, 6) is -10.9. The molecule has 0 heterocycles. The molecule has 1 atom stereocenters. The van der Waals surface area contributed by atoms with Crippen LogP contribution in [0, 0.1) is 34.9 Å². The molecular weight excluding hydrogens is 502 g/mol. The molecule has 0 spiro atoms. The fraction of sp³-hybridized carbons (Fsp3) is 0.222. The number of ether oxygens (including phenoxy) is 2. The molecule has 0 aromatic heterocycles. The third kappa shape index (κ3) is 5.00. The molecule has 4 nitrogen and oxygen atoms in total. The van der Waals surface area contributed by atoms with E-state index in [2.05, 4.69) is 0 Å². The zero-order valence-electron chi connectivity index (χ0n) is 19.4. The lowest BCUT2D eigenvalue weighted by Crippen LogP contribution is -2.21. The first kappa shape index (κ1) is 26.1. The monoisotopic (exact) mass is 522 g/mol. The number of carbonyl (C=O) groups excluding carboxylic acids is 1. The minimum absolute atomic E-state index is 0.0401. The van der Waals surface area contributed by atoms with E-state index in [0.717, 1.165) is 30.3 Å². The Hall–Kier alpha value is -3.95. The number of phenolic OH excluding ortho intramolecular Hbond substituents is 1. The van der Waals surface area contributed by atoms with Crippen LogP contribution >= 0.6 is 0 Å². The van der Waals surface area contributed by atoms with Crippen LogP contribution in [0.3, 0.4) is 0 Å². The van der Waals surface area contributed by atoms with Gasteiger partial charge in [-0.1, -0.05) is 12.1 Å². The summed E-state index contributed by atoms with van der Waals surface area (Å²) in [5, 5.41) is 9.26. The predicted octanol–water partition coefficient (Wildman–Crippen LogP) is 7.09. The molecule has 4 rings (SSSR count). The molecule has 0 saturated heterocycles. The zero-order chi connectivity index (χ0) is 26.9. The van der Waals surface area contributed by atoms with Crippen LogP contribution in [0.1, 0.15) is 42.1 Å². The lowest BCUT2D eigenvalue weighted by atomic mass is 9.91. The normalized spacial score (nSPS) is 15.3. The quantitative estimate of drug-likeness (QED) is 0.278. The smallest absolute Gasteiger partial charge is 0.341 e. The second kappa shape index (κ2) is 10.6. The maximum absolute atomic E-state index is 14.8. The Bertz CT molecular complexity index is 1400. The van der Waals surface area contributed by atoms with Crippen LogP contribution in [0.15, 0.2) is 42.5 Å². The Balaban J connectivity index is 1.51. The molecule has 10 heteroatoms. The predicted molar refractivity (Wildman–Crippen MR) is 122 cm³/mol. The van der Waals surface area contributed by atoms with Gasteiger partial charge < -0.3 is 14.6 Å².